The van der Waals surface area contributed by atoms with Gasteiger partial charge in [0.05, 0.1) is 33.3 Å². The molecule has 214 valence electrons. The highest BCUT2D eigenvalue weighted by molar-refractivity contribution is 7.99. The van der Waals surface area contributed by atoms with E-state index in [4.69, 9.17) is 14.2 Å². The zero-order chi connectivity index (χ0) is 29.6. The second kappa shape index (κ2) is 12.9. The number of amides is 1. The van der Waals surface area contributed by atoms with Crippen molar-refractivity contribution in [3.8, 4) is 34.3 Å². The third-order valence-corrected chi connectivity index (χ3v) is 7.29. The van der Waals surface area contributed by atoms with Crippen molar-refractivity contribution in [2.45, 2.75) is 38.3 Å². The summed E-state index contributed by atoms with van der Waals surface area (Å²) < 4.78 is 18.1. The van der Waals surface area contributed by atoms with E-state index >= 15 is 0 Å². The van der Waals surface area contributed by atoms with Gasteiger partial charge in [-0.25, -0.2) is 5.43 Å². The lowest BCUT2D eigenvalue weighted by molar-refractivity contribution is -0.118. The highest BCUT2D eigenvalue weighted by atomic mass is 32.2. The Morgan fingerprint density at radius 2 is 1.59 bits per heavy atom. The maximum Gasteiger partial charge on any atom is 0.250 e. The lowest BCUT2D eigenvalue weighted by Gasteiger charge is -2.19. The standard InChI is InChI=1S/C31H35N5O4S/c1-20-8-14-24(15-9-20)36-29(22-10-12-23(13-11-22)31(2,3)4)34-35-30(36)41-19-27(37)33-32-18-21-16-25(38-5)28(40-7)26(17-21)39-6/h8-18H,19H2,1-7H3,(H,33,37)/b32-18+. The largest absolute Gasteiger partial charge is 0.493 e. The van der Waals surface area contributed by atoms with Gasteiger partial charge in [-0.3, -0.25) is 9.36 Å². The number of carbonyl (C=O) groups excluding carboxylic acids is 1. The fourth-order valence-corrected chi connectivity index (χ4v) is 4.86. The molecule has 1 N–H and O–H groups in total. The molecule has 10 heteroatoms. The Kier molecular flexibility index (Phi) is 9.34. The Labute approximate surface area is 244 Å². The second-order valence-electron chi connectivity index (χ2n) is 10.3. The predicted molar refractivity (Wildman–Crippen MR) is 163 cm³/mol. The van der Waals surface area contributed by atoms with Crippen LogP contribution in [0.4, 0.5) is 0 Å². The summed E-state index contributed by atoms with van der Waals surface area (Å²) in [6, 6.07) is 20.0. The molecule has 0 radical (unpaired) electrons. The molecule has 0 bridgehead atoms. The molecule has 0 aliphatic rings. The minimum atomic E-state index is -0.284. The van der Waals surface area contributed by atoms with Gasteiger partial charge in [-0.2, -0.15) is 5.10 Å². The molecule has 9 nitrogen and oxygen atoms in total. The van der Waals surface area contributed by atoms with Crippen LogP contribution in [-0.4, -0.2) is 54.0 Å². The molecule has 3 aromatic carbocycles. The zero-order valence-corrected chi connectivity index (χ0v) is 25.2. The van der Waals surface area contributed by atoms with E-state index in [1.807, 2.05) is 35.8 Å². The first-order valence-electron chi connectivity index (χ1n) is 13.0. The van der Waals surface area contributed by atoms with Gasteiger partial charge in [0, 0.05) is 16.8 Å². The van der Waals surface area contributed by atoms with Crippen molar-refractivity contribution in [3.63, 3.8) is 0 Å². The van der Waals surface area contributed by atoms with E-state index in [1.165, 1.54) is 30.6 Å². The summed E-state index contributed by atoms with van der Waals surface area (Å²) >= 11 is 1.29. The van der Waals surface area contributed by atoms with Crippen LogP contribution in [0.2, 0.25) is 0 Å². The molecule has 41 heavy (non-hydrogen) atoms. The van der Waals surface area contributed by atoms with Gasteiger partial charge >= 0.3 is 0 Å². The number of hydrogen-bond acceptors (Lipinski definition) is 8. The van der Waals surface area contributed by atoms with Crippen LogP contribution >= 0.6 is 11.8 Å². The number of ether oxygens (including phenoxy) is 3. The van der Waals surface area contributed by atoms with Crippen molar-refractivity contribution in [2.75, 3.05) is 27.1 Å². The number of rotatable bonds is 10. The first-order valence-corrected chi connectivity index (χ1v) is 14.0. The monoisotopic (exact) mass is 573 g/mol. The number of aryl methyl sites for hydroxylation is 1. The fourth-order valence-electron chi connectivity index (χ4n) is 4.11. The second-order valence-corrected chi connectivity index (χ2v) is 11.3. The molecule has 0 saturated carbocycles. The van der Waals surface area contributed by atoms with Crippen LogP contribution in [0.1, 0.15) is 37.5 Å². The average molecular weight is 574 g/mol. The van der Waals surface area contributed by atoms with Gasteiger partial charge in [0.2, 0.25) is 5.75 Å². The normalized spacial score (nSPS) is 11.5. The van der Waals surface area contributed by atoms with Crippen molar-refractivity contribution in [1.82, 2.24) is 20.2 Å². The first-order chi connectivity index (χ1) is 19.6. The van der Waals surface area contributed by atoms with E-state index < -0.39 is 0 Å². The molecule has 0 aliphatic carbocycles. The number of carbonyl (C=O) groups is 1. The van der Waals surface area contributed by atoms with Gasteiger partial charge in [0.15, 0.2) is 22.5 Å². The zero-order valence-electron chi connectivity index (χ0n) is 24.4. The van der Waals surface area contributed by atoms with E-state index in [0.717, 1.165) is 16.8 Å². The lowest BCUT2D eigenvalue weighted by Crippen LogP contribution is -2.20. The topological polar surface area (TPSA) is 99.9 Å². The highest BCUT2D eigenvalue weighted by Gasteiger charge is 2.19. The van der Waals surface area contributed by atoms with Gasteiger partial charge in [-0.05, 0) is 42.2 Å². The van der Waals surface area contributed by atoms with Crippen molar-refractivity contribution < 1.29 is 19.0 Å². The van der Waals surface area contributed by atoms with Crippen LogP contribution in [0, 0.1) is 6.92 Å². The minimum Gasteiger partial charge on any atom is -0.493 e. The number of thioether (sulfide) groups is 1. The van der Waals surface area contributed by atoms with Gasteiger partial charge < -0.3 is 14.2 Å². The Morgan fingerprint density at radius 1 is 0.951 bits per heavy atom. The molecule has 0 unspecified atom stereocenters. The number of hydrogen-bond donors (Lipinski definition) is 1. The Hall–Kier alpha value is -4.31. The summed E-state index contributed by atoms with van der Waals surface area (Å²) in [5.41, 5.74) is 7.54. The van der Waals surface area contributed by atoms with Gasteiger partial charge in [0.25, 0.3) is 5.91 Å². The summed E-state index contributed by atoms with van der Waals surface area (Å²) in [5, 5.41) is 13.6. The molecule has 4 aromatic rings. The van der Waals surface area contributed by atoms with Crippen LogP contribution in [0.3, 0.4) is 0 Å². The van der Waals surface area contributed by atoms with E-state index in [-0.39, 0.29) is 17.1 Å². The molecule has 0 aliphatic heterocycles. The quantitative estimate of drug-likeness (QED) is 0.145. The number of methoxy groups -OCH3 is 3. The average Bonchev–Trinajstić information content (AvgIpc) is 3.39. The van der Waals surface area contributed by atoms with Crippen LogP contribution in [0.15, 0.2) is 70.9 Å². The van der Waals surface area contributed by atoms with Gasteiger partial charge in [0.1, 0.15) is 0 Å². The Bertz CT molecular complexity index is 1500. The fraction of sp³-hybridized carbons (Fsp3) is 0.290. The molecule has 4 rings (SSSR count). The van der Waals surface area contributed by atoms with Crippen molar-refractivity contribution >= 4 is 23.9 Å². The van der Waals surface area contributed by atoms with Crippen molar-refractivity contribution in [1.29, 1.82) is 0 Å². The summed E-state index contributed by atoms with van der Waals surface area (Å²) in [5.74, 6) is 1.99. The molecular formula is C31H35N5O4S. The Morgan fingerprint density at radius 3 is 2.15 bits per heavy atom. The van der Waals surface area contributed by atoms with Crippen LogP contribution in [0.5, 0.6) is 17.2 Å². The maximum atomic E-state index is 12.7. The first kappa shape index (κ1) is 29.7. The van der Waals surface area contributed by atoms with Crippen molar-refractivity contribution in [2.24, 2.45) is 5.10 Å². The number of benzene rings is 3. The van der Waals surface area contributed by atoms with Crippen LogP contribution < -0.4 is 19.6 Å². The molecule has 0 saturated heterocycles. The van der Waals surface area contributed by atoms with Gasteiger partial charge in [-0.15, -0.1) is 10.2 Å². The number of hydrazone groups is 1. The summed E-state index contributed by atoms with van der Waals surface area (Å²) in [7, 11) is 4.62. The third-order valence-electron chi connectivity index (χ3n) is 6.36. The highest BCUT2D eigenvalue weighted by Crippen LogP contribution is 2.37. The third kappa shape index (κ3) is 7.07. The predicted octanol–water partition coefficient (Wildman–Crippen LogP) is 5.81. The molecule has 0 fully saturated rings. The molecule has 1 amide bonds. The van der Waals surface area contributed by atoms with Crippen molar-refractivity contribution in [3.05, 3.63) is 77.4 Å². The summed E-state index contributed by atoms with van der Waals surface area (Å²) in [6.45, 7) is 8.60. The molecule has 0 atom stereocenters. The molecule has 1 heterocycles. The van der Waals surface area contributed by atoms with Crippen LogP contribution in [-0.2, 0) is 10.2 Å². The molecular weight excluding hydrogens is 538 g/mol. The van der Waals surface area contributed by atoms with E-state index in [9.17, 15) is 4.79 Å². The number of aromatic nitrogens is 3. The number of nitrogens with one attached hydrogen (secondary N) is 1. The summed E-state index contributed by atoms with van der Waals surface area (Å²) in [4.78, 5) is 12.7. The minimum absolute atomic E-state index is 0.0472. The smallest absolute Gasteiger partial charge is 0.250 e. The van der Waals surface area contributed by atoms with Gasteiger partial charge in [-0.1, -0.05) is 74.5 Å². The van der Waals surface area contributed by atoms with E-state index in [1.54, 1.807) is 26.4 Å². The maximum absolute atomic E-state index is 12.7. The van der Waals surface area contributed by atoms with E-state index in [0.29, 0.717) is 33.8 Å². The van der Waals surface area contributed by atoms with E-state index in [2.05, 4.69) is 65.8 Å². The van der Waals surface area contributed by atoms with Crippen LogP contribution in [0.25, 0.3) is 17.1 Å². The Balaban J connectivity index is 1.51. The SMILES string of the molecule is COc1cc(/C=N/NC(=O)CSc2nnc(-c3ccc(C(C)(C)C)cc3)n2-c2ccc(C)cc2)cc(OC)c1OC. The molecule has 0 spiro atoms. The summed E-state index contributed by atoms with van der Waals surface area (Å²) in [6.07, 6.45) is 1.52. The number of nitrogens with zero attached hydrogens (tertiary/aromatic N) is 4. The molecule has 1 aromatic heterocycles. The lowest BCUT2D eigenvalue weighted by atomic mass is 9.87.